The van der Waals surface area contributed by atoms with E-state index in [0.29, 0.717) is 18.0 Å². The van der Waals surface area contributed by atoms with Gasteiger partial charge < -0.3 is 4.90 Å². The Morgan fingerprint density at radius 1 is 0.971 bits per heavy atom. The Morgan fingerprint density at radius 2 is 1.66 bits per heavy atom. The molecule has 35 heavy (non-hydrogen) atoms. The van der Waals surface area contributed by atoms with E-state index < -0.39 is 17.9 Å². The molecule has 0 fully saturated rings. The Hall–Kier alpha value is -2.71. The second kappa shape index (κ2) is 9.74. The van der Waals surface area contributed by atoms with Gasteiger partial charge in [-0.1, -0.05) is 45.0 Å². The lowest BCUT2D eigenvalue weighted by molar-refractivity contribution is -0.137. The zero-order chi connectivity index (χ0) is 25.4. The summed E-state index contributed by atoms with van der Waals surface area (Å²) < 4.78 is 40.2. The largest absolute Gasteiger partial charge is 0.416 e. The van der Waals surface area contributed by atoms with Gasteiger partial charge in [0.1, 0.15) is 0 Å². The second-order valence-electron chi connectivity index (χ2n) is 9.55. The van der Waals surface area contributed by atoms with Crippen LogP contribution in [0.15, 0.2) is 65.7 Å². The molecule has 1 aliphatic heterocycles. The maximum Gasteiger partial charge on any atom is 0.416 e. The van der Waals surface area contributed by atoms with E-state index >= 15 is 0 Å². The van der Waals surface area contributed by atoms with E-state index in [4.69, 9.17) is 4.84 Å². The number of hydrogen-bond donors (Lipinski definition) is 0. The first-order chi connectivity index (χ1) is 16.5. The van der Waals surface area contributed by atoms with Crippen molar-refractivity contribution in [1.29, 1.82) is 0 Å². The number of nitrogens with zero attached hydrogens (tertiary/aromatic N) is 3. The maximum atomic E-state index is 13.4. The molecule has 8 heteroatoms. The molecule has 0 aliphatic carbocycles. The van der Waals surface area contributed by atoms with Crippen molar-refractivity contribution < 1.29 is 18.0 Å². The van der Waals surface area contributed by atoms with Gasteiger partial charge in [0, 0.05) is 23.9 Å². The summed E-state index contributed by atoms with van der Waals surface area (Å²) in [4.78, 5) is 13.4. The average Bonchev–Trinajstić information content (AvgIpc) is 3.08. The monoisotopic (exact) mass is 501 g/mol. The summed E-state index contributed by atoms with van der Waals surface area (Å²) in [7, 11) is 1.85. The average molecular weight is 502 g/mol. The van der Waals surface area contributed by atoms with Gasteiger partial charge in [-0.15, -0.1) is 11.8 Å². The Labute approximate surface area is 209 Å². The first-order valence-corrected chi connectivity index (χ1v) is 12.5. The number of aromatic nitrogens is 1. The summed E-state index contributed by atoms with van der Waals surface area (Å²) in [5.74, 6) is 0.749. The lowest BCUT2D eigenvalue weighted by Crippen LogP contribution is -2.34. The Bertz CT molecular complexity index is 1180. The highest BCUT2D eigenvalue weighted by Gasteiger charge is 2.40. The minimum atomic E-state index is -4.43. The van der Waals surface area contributed by atoms with Crippen molar-refractivity contribution in [2.75, 3.05) is 23.6 Å². The summed E-state index contributed by atoms with van der Waals surface area (Å²) in [6, 6.07) is 16.2. The van der Waals surface area contributed by atoms with Crippen LogP contribution >= 0.6 is 11.8 Å². The number of halogens is 3. The molecule has 2 aromatic carbocycles. The molecule has 1 atom stereocenters. The molecule has 0 amide bonds. The van der Waals surface area contributed by atoms with Gasteiger partial charge >= 0.3 is 6.18 Å². The van der Waals surface area contributed by atoms with Crippen LogP contribution in [-0.2, 0) is 22.2 Å². The zero-order valence-electron chi connectivity index (χ0n) is 20.6. The third-order valence-electron chi connectivity index (χ3n) is 6.04. The van der Waals surface area contributed by atoms with E-state index in [1.54, 1.807) is 23.0 Å². The standard InChI is InChI=1S/C27H30F3N3OS/c1-6-34-33-22-16-20(27(28,29)30)13-14-21(22)32(5)25(33)24-23(8-7-15-31-24)35-17-18-9-11-19(12-10-18)26(2,3)4/h7-16,25H,6,17H2,1-5H3. The van der Waals surface area contributed by atoms with Gasteiger partial charge in [-0.3, -0.25) is 9.82 Å². The highest BCUT2D eigenvalue weighted by atomic mass is 32.2. The summed E-state index contributed by atoms with van der Waals surface area (Å²) in [6.45, 7) is 8.71. The molecule has 4 rings (SSSR count). The van der Waals surface area contributed by atoms with E-state index in [9.17, 15) is 13.2 Å². The molecule has 186 valence electrons. The summed E-state index contributed by atoms with van der Waals surface area (Å²) in [6.07, 6.45) is -3.21. The van der Waals surface area contributed by atoms with Crippen molar-refractivity contribution in [1.82, 2.24) is 4.98 Å². The lowest BCUT2D eigenvalue weighted by Gasteiger charge is -2.30. The predicted octanol–water partition coefficient (Wildman–Crippen LogP) is 7.60. The third kappa shape index (κ3) is 5.28. The molecule has 0 bridgehead atoms. The molecule has 0 N–H and O–H groups in total. The highest BCUT2D eigenvalue weighted by Crippen LogP contribution is 2.48. The fourth-order valence-corrected chi connectivity index (χ4v) is 5.15. The Morgan fingerprint density at radius 3 is 2.29 bits per heavy atom. The minimum absolute atomic E-state index is 0.0962. The number of rotatable bonds is 6. The number of pyridine rings is 1. The van der Waals surface area contributed by atoms with Crippen LogP contribution in [0.25, 0.3) is 0 Å². The number of benzene rings is 2. The van der Waals surface area contributed by atoms with Crippen molar-refractivity contribution in [3.8, 4) is 0 Å². The van der Waals surface area contributed by atoms with Crippen LogP contribution in [0.5, 0.6) is 0 Å². The minimum Gasteiger partial charge on any atom is -0.346 e. The smallest absolute Gasteiger partial charge is 0.346 e. The summed E-state index contributed by atoms with van der Waals surface area (Å²) in [5, 5.41) is 1.55. The Balaban J connectivity index is 1.63. The van der Waals surface area contributed by atoms with Crippen LogP contribution in [0.2, 0.25) is 0 Å². The van der Waals surface area contributed by atoms with Crippen molar-refractivity contribution in [3.05, 3.63) is 83.2 Å². The molecule has 2 heterocycles. The van der Waals surface area contributed by atoms with E-state index in [0.717, 1.165) is 28.5 Å². The van der Waals surface area contributed by atoms with E-state index in [1.165, 1.54) is 17.2 Å². The first-order valence-electron chi connectivity index (χ1n) is 11.5. The van der Waals surface area contributed by atoms with Crippen molar-refractivity contribution in [3.63, 3.8) is 0 Å². The van der Waals surface area contributed by atoms with E-state index in [-0.39, 0.29) is 5.41 Å². The molecule has 4 nitrogen and oxygen atoms in total. The number of fused-ring (bicyclic) bond motifs is 1. The fraction of sp³-hybridized carbons (Fsp3) is 0.370. The predicted molar refractivity (Wildman–Crippen MR) is 136 cm³/mol. The van der Waals surface area contributed by atoms with Crippen molar-refractivity contribution in [2.45, 2.75) is 56.1 Å². The maximum absolute atomic E-state index is 13.4. The molecule has 1 aliphatic rings. The number of anilines is 2. The topological polar surface area (TPSA) is 28.6 Å². The van der Waals surface area contributed by atoms with Gasteiger partial charge in [-0.05, 0) is 53.8 Å². The molecule has 3 aromatic rings. The van der Waals surface area contributed by atoms with Crippen LogP contribution in [0, 0.1) is 0 Å². The normalized spacial score (nSPS) is 16.1. The molecular formula is C27H30F3N3OS. The third-order valence-corrected chi connectivity index (χ3v) is 7.17. The van der Waals surface area contributed by atoms with E-state index in [2.05, 4.69) is 50.0 Å². The molecule has 0 radical (unpaired) electrons. The molecule has 1 unspecified atom stereocenters. The van der Waals surface area contributed by atoms with Gasteiger partial charge in [-0.25, -0.2) is 5.06 Å². The molecule has 0 saturated carbocycles. The van der Waals surface area contributed by atoms with Crippen LogP contribution in [-0.4, -0.2) is 18.6 Å². The molecule has 0 saturated heterocycles. The van der Waals surface area contributed by atoms with Crippen molar-refractivity contribution >= 4 is 23.1 Å². The van der Waals surface area contributed by atoms with Gasteiger partial charge in [0.15, 0.2) is 6.17 Å². The molecule has 1 aromatic heterocycles. The van der Waals surface area contributed by atoms with Crippen molar-refractivity contribution in [2.24, 2.45) is 0 Å². The molecular weight excluding hydrogens is 471 g/mol. The fourth-order valence-electron chi connectivity index (χ4n) is 4.15. The van der Waals surface area contributed by atoms with Gasteiger partial charge in [0.05, 0.1) is 29.2 Å². The second-order valence-corrected chi connectivity index (χ2v) is 10.6. The highest BCUT2D eigenvalue weighted by molar-refractivity contribution is 7.98. The van der Waals surface area contributed by atoms with E-state index in [1.807, 2.05) is 31.0 Å². The van der Waals surface area contributed by atoms with Crippen LogP contribution in [0.4, 0.5) is 24.5 Å². The van der Waals surface area contributed by atoms with Gasteiger partial charge in [0.2, 0.25) is 0 Å². The molecule has 0 spiro atoms. The first kappa shape index (κ1) is 25.4. The zero-order valence-corrected chi connectivity index (χ0v) is 21.4. The number of hydroxylamine groups is 1. The quantitative estimate of drug-likeness (QED) is 0.325. The lowest BCUT2D eigenvalue weighted by atomic mass is 9.87. The summed E-state index contributed by atoms with van der Waals surface area (Å²) >= 11 is 1.66. The SMILES string of the molecule is CCON1c2cc(C(F)(F)F)ccc2N(C)C1c1ncccc1SCc1ccc(C(C)(C)C)cc1. The Kier molecular flexibility index (Phi) is 7.06. The number of alkyl halides is 3. The van der Waals surface area contributed by atoms with Crippen LogP contribution < -0.4 is 9.96 Å². The summed E-state index contributed by atoms with van der Waals surface area (Å²) in [5.41, 5.74) is 3.65. The van der Waals surface area contributed by atoms with Gasteiger partial charge in [-0.2, -0.15) is 13.2 Å². The number of hydrogen-bond acceptors (Lipinski definition) is 5. The number of thioether (sulfide) groups is 1. The van der Waals surface area contributed by atoms with Crippen LogP contribution in [0.3, 0.4) is 0 Å². The van der Waals surface area contributed by atoms with Crippen LogP contribution in [0.1, 0.15) is 56.2 Å². The van der Waals surface area contributed by atoms with Gasteiger partial charge in [0.25, 0.3) is 0 Å².